The summed E-state index contributed by atoms with van der Waals surface area (Å²) >= 11 is 0. The smallest absolute Gasteiger partial charge is 0.255 e. The summed E-state index contributed by atoms with van der Waals surface area (Å²) in [6, 6.07) is 15.6. The van der Waals surface area contributed by atoms with Crippen LogP contribution in [0.25, 0.3) is 0 Å². The third kappa shape index (κ3) is 3.76. The fourth-order valence-electron chi connectivity index (χ4n) is 2.91. The molecule has 0 spiro atoms. The zero-order chi connectivity index (χ0) is 17.8. The second-order valence-electron chi connectivity index (χ2n) is 6.14. The molecule has 0 aliphatic rings. The molecular weight excluding hydrogens is 312 g/mol. The third-order valence-electron chi connectivity index (χ3n) is 4.26. The highest BCUT2D eigenvalue weighted by molar-refractivity contribution is 5.96. The Bertz CT molecular complexity index is 856. The number of benzene rings is 1. The van der Waals surface area contributed by atoms with Crippen LogP contribution in [-0.4, -0.2) is 20.7 Å². The van der Waals surface area contributed by atoms with E-state index in [9.17, 15) is 4.79 Å². The minimum Gasteiger partial charge on any atom is -0.344 e. The minimum atomic E-state index is -0.162. The van der Waals surface area contributed by atoms with Crippen LogP contribution < -0.4 is 5.32 Å². The molecule has 25 heavy (non-hydrogen) atoms. The van der Waals surface area contributed by atoms with Crippen molar-refractivity contribution in [2.45, 2.75) is 33.4 Å². The van der Waals surface area contributed by atoms with E-state index in [1.165, 1.54) is 0 Å². The Balaban J connectivity index is 1.79. The summed E-state index contributed by atoms with van der Waals surface area (Å²) in [5.74, 6) is -0.118. The maximum absolute atomic E-state index is 12.7. The molecule has 0 saturated heterocycles. The first kappa shape index (κ1) is 16.9. The van der Waals surface area contributed by atoms with Crippen molar-refractivity contribution in [3.63, 3.8) is 0 Å². The number of rotatable bonds is 5. The number of pyridine rings is 1. The molecule has 0 aliphatic carbocycles. The van der Waals surface area contributed by atoms with E-state index in [4.69, 9.17) is 0 Å². The van der Waals surface area contributed by atoms with E-state index in [1.807, 2.05) is 61.9 Å². The lowest BCUT2D eigenvalue weighted by Crippen LogP contribution is -2.28. The fourth-order valence-corrected chi connectivity index (χ4v) is 2.91. The zero-order valence-electron chi connectivity index (χ0n) is 14.7. The number of amides is 1. The number of carbonyl (C=O) groups excluding carboxylic acids is 1. The van der Waals surface area contributed by atoms with Gasteiger partial charge in [-0.2, -0.15) is 5.10 Å². The molecule has 0 fully saturated rings. The summed E-state index contributed by atoms with van der Waals surface area (Å²) in [4.78, 5) is 17.0. The van der Waals surface area contributed by atoms with Crippen molar-refractivity contribution in [2.24, 2.45) is 0 Å². The van der Waals surface area contributed by atoms with Crippen molar-refractivity contribution in [3.8, 4) is 0 Å². The van der Waals surface area contributed by atoms with E-state index in [0.717, 1.165) is 22.6 Å². The number of hydrogen-bond donors (Lipinski definition) is 1. The molecule has 5 nitrogen and oxygen atoms in total. The van der Waals surface area contributed by atoms with E-state index >= 15 is 0 Å². The van der Waals surface area contributed by atoms with Gasteiger partial charge in [-0.15, -0.1) is 0 Å². The van der Waals surface area contributed by atoms with Crippen molar-refractivity contribution in [2.75, 3.05) is 0 Å². The monoisotopic (exact) mass is 334 g/mol. The van der Waals surface area contributed by atoms with Gasteiger partial charge in [-0.05, 0) is 38.5 Å². The highest BCUT2D eigenvalue weighted by Crippen LogP contribution is 2.17. The highest BCUT2D eigenvalue weighted by Gasteiger charge is 2.20. The molecule has 0 aliphatic heterocycles. The molecule has 1 N–H and O–H groups in total. The zero-order valence-corrected chi connectivity index (χ0v) is 14.7. The average Bonchev–Trinajstić information content (AvgIpc) is 2.90. The summed E-state index contributed by atoms with van der Waals surface area (Å²) < 4.78 is 1.88. The molecule has 0 saturated carbocycles. The molecule has 5 heteroatoms. The number of aromatic nitrogens is 3. The van der Waals surface area contributed by atoms with Crippen molar-refractivity contribution in [3.05, 3.63) is 82.9 Å². The van der Waals surface area contributed by atoms with Crippen LogP contribution >= 0.6 is 0 Å². The summed E-state index contributed by atoms with van der Waals surface area (Å²) in [5.41, 5.74) is 4.23. The largest absolute Gasteiger partial charge is 0.344 e. The van der Waals surface area contributed by atoms with Gasteiger partial charge in [0.2, 0.25) is 0 Å². The van der Waals surface area contributed by atoms with Gasteiger partial charge in [0, 0.05) is 11.9 Å². The number of nitrogens with one attached hydrogen (secondary N) is 1. The Morgan fingerprint density at radius 3 is 2.52 bits per heavy atom. The molecular formula is C20H22N4O. The Morgan fingerprint density at radius 2 is 1.84 bits per heavy atom. The van der Waals surface area contributed by atoms with E-state index in [-0.39, 0.29) is 11.9 Å². The Morgan fingerprint density at radius 1 is 1.12 bits per heavy atom. The molecule has 2 aromatic heterocycles. The Hall–Kier alpha value is -2.95. The van der Waals surface area contributed by atoms with Crippen LogP contribution in [0.2, 0.25) is 0 Å². The maximum atomic E-state index is 12.7. The molecule has 0 bridgehead atoms. The lowest BCUT2D eigenvalue weighted by atomic mass is 10.1. The first-order valence-corrected chi connectivity index (χ1v) is 8.36. The second kappa shape index (κ2) is 7.30. The maximum Gasteiger partial charge on any atom is 0.255 e. The molecule has 1 atom stereocenters. The van der Waals surface area contributed by atoms with Gasteiger partial charge >= 0.3 is 0 Å². The fraction of sp³-hybridized carbons (Fsp3) is 0.250. The number of carbonyl (C=O) groups is 1. The van der Waals surface area contributed by atoms with Gasteiger partial charge in [-0.25, -0.2) is 0 Å². The number of nitrogens with zero attached hydrogens (tertiary/aromatic N) is 3. The Kier molecular flexibility index (Phi) is 4.93. The lowest BCUT2D eigenvalue weighted by Gasteiger charge is -2.13. The van der Waals surface area contributed by atoms with Crippen LogP contribution in [-0.2, 0) is 6.54 Å². The van der Waals surface area contributed by atoms with Crippen molar-refractivity contribution in [1.29, 1.82) is 0 Å². The SMILES string of the molecule is Cc1nn(Cc2ccccc2)c(C)c1C(=O)NC(C)c1ccccn1. The van der Waals surface area contributed by atoms with Crippen LogP contribution in [0.4, 0.5) is 0 Å². The van der Waals surface area contributed by atoms with Gasteiger partial charge in [-0.3, -0.25) is 14.5 Å². The van der Waals surface area contributed by atoms with Crippen LogP contribution in [0.1, 0.15) is 46.0 Å². The molecule has 1 aromatic carbocycles. The lowest BCUT2D eigenvalue weighted by molar-refractivity contribution is 0.0938. The average molecular weight is 334 g/mol. The summed E-state index contributed by atoms with van der Waals surface area (Å²) in [6.45, 7) is 6.38. The molecule has 1 amide bonds. The first-order chi connectivity index (χ1) is 12.1. The minimum absolute atomic E-state index is 0.118. The molecule has 2 heterocycles. The topological polar surface area (TPSA) is 59.8 Å². The molecule has 1 unspecified atom stereocenters. The van der Waals surface area contributed by atoms with Crippen LogP contribution in [0.15, 0.2) is 54.7 Å². The van der Waals surface area contributed by atoms with Crippen LogP contribution in [0.3, 0.4) is 0 Å². The van der Waals surface area contributed by atoms with E-state index in [0.29, 0.717) is 12.1 Å². The summed E-state index contributed by atoms with van der Waals surface area (Å²) in [5, 5.41) is 7.56. The van der Waals surface area contributed by atoms with Gasteiger partial charge in [0.05, 0.1) is 29.5 Å². The van der Waals surface area contributed by atoms with E-state index < -0.39 is 0 Å². The van der Waals surface area contributed by atoms with E-state index in [1.54, 1.807) is 6.20 Å². The highest BCUT2D eigenvalue weighted by atomic mass is 16.1. The van der Waals surface area contributed by atoms with Crippen molar-refractivity contribution in [1.82, 2.24) is 20.1 Å². The number of hydrogen-bond acceptors (Lipinski definition) is 3. The second-order valence-corrected chi connectivity index (χ2v) is 6.14. The predicted molar refractivity (Wildman–Crippen MR) is 97.4 cm³/mol. The molecule has 128 valence electrons. The summed E-state index contributed by atoms with van der Waals surface area (Å²) in [7, 11) is 0. The quantitative estimate of drug-likeness (QED) is 0.777. The molecule has 3 aromatic rings. The van der Waals surface area contributed by atoms with Gasteiger partial charge < -0.3 is 5.32 Å². The summed E-state index contributed by atoms with van der Waals surface area (Å²) in [6.07, 6.45) is 1.73. The van der Waals surface area contributed by atoms with Crippen molar-refractivity contribution >= 4 is 5.91 Å². The van der Waals surface area contributed by atoms with Crippen LogP contribution in [0.5, 0.6) is 0 Å². The Labute approximate surface area is 147 Å². The van der Waals surface area contributed by atoms with E-state index in [2.05, 4.69) is 27.5 Å². The standard InChI is InChI=1S/C20H22N4O/c1-14(18-11-7-8-12-21-18)22-20(25)19-15(2)23-24(16(19)3)13-17-9-5-4-6-10-17/h4-12,14H,13H2,1-3H3,(H,22,25). The van der Waals surface area contributed by atoms with Gasteiger partial charge in [0.1, 0.15) is 0 Å². The normalized spacial score (nSPS) is 12.0. The molecule has 3 rings (SSSR count). The van der Waals surface area contributed by atoms with Gasteiger partial charge in [0.15, 0.2) is 0 Å². The molecule has 0 radical (unpaired) electrons. The van der Waals surface area contributed by atoms with Gasteiger partial charge in [-0.1, -0.05) is 36.4 Å². The van der Waals surface area contributed by atoms with Gasteiger partial charge in [0.25, 0.3) is 5.91 Å². The number of aryl methyl sites for hydroxylation is 1. The van der Waals surface area contributed by atoms with Crippen LogP contribution in [0, 0.1) is 13.8 Å². The first-order valence-electron chi connectivity index (χ1n) is 8.36. The predicted octanol–water partition coefficient (Wildman–Crippen LogP) is 3.43. The third-order valence-corrected chi connectivity index (χ3v) is 4.26. The van der Waals surface area contributed by atoms with Crippen molar-refractivity contribution < 1.29 is 4.79 Å².